The molecular formula is C12H14N2O2S2. The molecule has 0 atom stereocenters. The second kappa shape index (κ2) is 5.09. The highest BCUT2D eigenvalue weighted by Crippen LogP contribution is 2.17. The molecule has 0 fully saturated rings. The zero-order valence-corrected chi connectivity index (χ0v) is 11.5. The maximum atomic E-state index is 12.0. The van der Waals surface area contributed by atoms with Gasteiger partial charge in [0, 0.05) is 12.2 Å². The molecule has 0 aliphatic rings. The molecule has 1 heterocycles. The van der Waals surface area contributed by atoms with Crippen LogP contribution >= 0.6 is 11.3 Å². The maximum Gasteiger partial charge on any atom is 0.240 e. The second-order valence-electron chi connectivity index (χ2n) is 3.97. The molecule has 0 amide bonds. The third-order valence-electron chi connectivity index (χ3n) is 2.60. The quantitative estimate of drug-likeness (QED) is 0.844. The molecule has 0 bridgehead atoms. The van der Waals surface area contributed by atoms with Gasteiger partial charge < -0.3 is 5.73 Å². The summed E-state index contributed by atoms with van der Waals surface area (Å²) in [7, 11) is -3.48. The van der Waals surface area contributed by atoms with E-state index < -0.39 is 10.0 Å². The zero-order valence-electron chi connectivity index (χ0n) is 9.88. The number of sulfonamides is 1. The Morgan fingerprint density at radius 1 is 1.33 bits per heavy atom. The van der Waals surface area contributed by atoms with Crippen LogP contribution in [-0.4, -0.2) is 8.42 Å². The van der Waals surface area contributed by atoms with Crippen molar-refractivity contribution >= 4 is 27.0 Å². The average molecular weight is 282 g/mol. The predicted molar refractivity (Wildman–Crippen MR) is 73.9 cm³/mol. The molecule has 0 aliphatic heterocycles. The van der Waals surface area contributed by atoms with Crippen molar-refractivity contribution in [1.82, 2.24) is 4.72 Å². The van der Waals surface area contributed by atoms with Crippen LogP contribution in [-0.2, 0) is 16.6 Å². The molecular weight excluding hydrogens is 268 g/mol. The van der Waals surface area contributed by atoms with Gasteiger partial charge in [0.25, 0.3) is 0 Å². The van der Waals surface area contributed by atoms with E-state index in [0.29, 0.717) is 12.2 Å². The van der Waals surface area contributed by atoms with Crippen LogP contribution in [0.15, 0.2) is 39.9 Å². The molecule has 2 rings (SSSR count). The predicted octanol–water partition coefficient (Wildman–Crippen LogP) is 2.12. The molecule has 18 heavy (non-hydrogen) atoms. The lowest BCUT2D eigenvalue weighted by atomic mass is 10.2. The van der Waals surface area contributed by atoms with Gasteiger partial charge in [-0.2, -0.15) is 11.3 Å². The third-order valence-corrected chi connectivity index (χ3v) is 4.73. The Morgan fingerprint density at radius 2 is 2.11 bits per heavy atom. The number of nitrogens with two attached hydrogens (primary N) is 1. The fourth-order valence-electron chi connectivity index (χ4n) is 1.47. The smallest absolute Gasteiger partial charge is 0.240 e. The molecule has 1 aromatic carbocycles. The van der Waals surface area contributed by atoms with E-state index in [4.69, 9.17) is 5.73 Å². The monoisotopic (exact) mass is 282 g/mol. The first-order valence-electron chi connectivity index (χ1n) is 5.36. The first kappa shape index (κ1) is 13.1. The highest BCUT2D eigenvalue weighted by Gasteiger charge is 2.14. The normalized spacial score (nSPS) is 11.6. The molecule has 2 aromatic rings. The minimum absolute atomic E-state index is 0.240. The molecule has 0 aliphatic carbocycles. The van der Waals surface area contributed by atoms with Crippen molar-refractivity contribution in [3.8, 4) is 0 Å². The van der Waals surface area contributed by atoms with Crippen LogP contribution in [0.1, 0.15) is 11.1 Å². The van der Waals surface area contributed by atoms with Crippen molar-refractivity contribution < 1.29 is 8.42 Å². The Hall–Kier alpha value is -1.37. The van der Waals surface area contributed by atoms with E-state index in [9.17, 15) is 8.42 Å². The van der Waals surface area contributed by atoms with Gasteiger partial charge in [-0.3, -0.25) is 0 Å². The maximum absolute atomic E-state index is 12.0. The van der Waals surface area contributed by atoms with E-state index in [0.717, 1.165) is 11.1 Å². The van der Waals surface area contributed by atoms with Gasteiger partial charge in [-0.15, -0.1) is 0 Å². The number of benzene rings is 1. The van der Waals surface area contributed by atoms with Crippen LogP contribution < -0.4 is 10.5 Å². The molecule has 0 radical (unpaired) electrons. The van der Waals surface area contributed by atoms with Crippen LogP contribution in [0.4, 0.5) is 5.69 Å². The Kier molecular flexibility index (Phi) is 3.70. The first-order valence-corrected chi connectivity index (χ1v) is 7.78. The summed E-state index contributed by atoms with van der Waals surface area (Å²) in [6.07, 6.45) is 0. The van der Waals surface area contributed by atoms with Gasteiger partial charge in [0.15, 0.2) is 0 Å². The number of aryl methyl sites for hydroxylation is 1. The number of hydrogen-bond acceptors (Lipinski definition) is 4. The van der Waals surface area contributed by atoms with Crippen LogP contribution in [0.2, 0.25) is 0 Å². The standard InChI is InChI=1S/C12H14N2O2S2/c1-9-6-11(2-3-12(9)13)18(15,16)14-7-10-4-5-17-8-10/h2-6,8,14H,7,13H2,1H3. The van der Waals surface area contributed by atoms with Gasteiger partial charge in [0.2, 0.25) is 10.0 Å². The Balaban J connectivity index is 2.17. The van der Waals surface area contributed by atoms with Crippen molar-refractivity contribution in [2.45, 2.75) is 18.4 Å². The first-order chi connectivity index (χ1) is 8.49. The van der Waals surface area contributed by atoms with Crippen LogP contribution in [0, 0.1) is 6.92 Å². The fraction of sp³-hybridized carbons (Fsp3) is 0.167. The number of thiophene rings is 1. The molecule has 3 N–H and O–H groups in total. The van der Waals surface area contributed by atoms with Crippen molar-refractivity contribution in [1.29, 1.82) is 0 Å². The lowest BCUT2D eigenvalue weighted by Gasteiger charge is -2.07. The summed E-state index contributed by atoms with van der Waals surface area (Å²) in [5, 5.41) is 3.83. The summed E-state index contributed by atoms with van der Waals surface area (Å²) < 4.78 is 26.6. The molecule has 0 spiro atoms. The topological polar surface area (TPSA) is 72.2 Å². The fourth-order valence-corrected chi connectivity index (χ4v) is 3.24. The number of nitrogens with one attached hydrogen (secondary N) is 1. The van der Waals surface area contributed by atoms with Gasteiger partial charge in [0.05, 0.1) is 4.90 Å². The van der Waals surface area contributed by atoms with Crippen LogP contribution in [0.5, 0.6) is 0 Å². The number of hydrogen-bond donors (Lipinski definition) is 2. The minimum atomic E-state index is -3.48. The van der Waals surface area contributed by atoms with E-state index in [2.05, 4.69) is 4.72 Å². The summed E-state index contributed by atoms with van der Waals surface area (Å²) in [6, 6.07) is 6.58. The van der Waals surface area contributed by atoms with Gasteiger partial charge >= 0.3 is 0 Å². The molecule has 6 heteroatoms. The molecule has 96 valence electrons. The van der Waals surface area contributed by atoms with Gasteiger partial charge in [-0.25, -0.2) is 13.1 Å². The number of nitrogen functional groups attached to an aromatic ring is 1. The van der Waals surface area contributed by atoms with E-state index in [-0.39, 0.29) is 4.90 Å². The summed E-state index contributed by atoms with van der Waals surface area (Å²) >= 11 is 1.54. The largest absolute Gasteiger partial charge is 0.399 e. The lowest BCUT2D eigenvalue weighted by Crippen LogP contribution is -2.23. The Bertz CT molecular complexity index is 634. The highest BCUT2D eigenvalue weighted by atomic mass is 32.2. The van der Waals surface area contributed by atoms with Gasteiger partial charge in [-0.1, -0.05) is 0 Å². The number of rotatable bonds is 4. The van der Waals surface area contributed by atoms with Crippen molar-refractivity contribution in [2.75, 3.05) is 5.73 Å². The molecule has 0 unspecified atom stereocenters. The van der Waals surface area contributed by atoms with Crippen molar-refractivity contribution in [3.05, 3.63) is 46.2 Å². The molecule has 0 saturated carbocycles. The third kappa shape index (κ3) is 2.90. The summed E-state index contributed by atoms with van der Waals surface area (Å²) in [5.41, 5.74) is 7.97. The molecule has 0 saturated heterocycles. The summed E-state index contributed by atoms with van der Waals surface area (Å²) in [5.74, 6) is 0. The van der Waals surface area contributed by atoms with E-state index in [1.54, 1.807) is 19.1 Å². The number of anilines is 1. The van der Waals surface area contributed by atoms with E-state index in [1.807, 2.05) is 16.8 Å². The van der Waals surface area contributed by atoms with Crippen LogP contribution in [0.25, 0.3) is 0 Å². The van der Waals surface area contributed by atoms with E-state index in [1.165, 1.54) is 17.4 Å². The average Bonchev–Trinajstić information content (AvgIpc) is 2.83. The zero-order chi connectivity index (χ0) is 13.2. The Labute approximate surface area is 111 Å². The lowest BCUT2D eigenvalue weighted by molar-refractivity contribution is 0.581. The minimum Gasteiger partial charge on any atom is -0.399 e. The molecule has 4 nitrogen and oxygen atoms in total. The van der Waals surface area contributed by atoms with Crippen molar-refractivity contribution in [2.24, 2.45) is 0 Å². The molecule has 1 aromatic heterocycles. The van der Waals surface area contributed by atoms with Gasteiger partial charge in [0.1, 0.15) is 0 Å². The highest BCUT2D eigenvalue weighted by molar-refractivity contribution is 7.89. The Morgan fingerprint density at radius 3 is 2.72 bits per heavy atom. The second-order valence-corrected chi connectivity index (χ2v) is 6.52. The van der Waals surface area contributed by atoms with E-state index >= 15 is 0 Å². The SMILES string of the molecule is Cc1cc(S(=O)(=O)NCc2ccsc2)ccc1N. The summed E-state index contributed by atoms with van der Waals surface area (Å²) in [6.45, 7) is 2.09. The van der Waals surface area contributed by atoms with Crippen molar-refractivity contribution in [3.63, 3.8) is 0 Å². The summed E-state index contributed by atoms with van der Waals surface area (Å²) in [4.78, 5) is 0.240. The van der Waals surface area contributed by atoms with Crippen LogP contribution in [0.3, 0.4) is 0 Å². The van der Waals surface area contributed by atoms with Gasteiger partial charge in [-0.05, 0) is 53.1 Å².